The summed E-state index contributed by atoms with van der Waals surface area (Å²) in [6, 6.07) is 7.85. The lowest BCUT2D eigenvalue weighted by Crippen LogP contribution is -2.17. The van der Waals surface area contributed by atoms with Crippen molar-refractivity contribution in [1.29, 1.82) is 0 Å². The van der Waals surface area contributed by atoms with Crippen molar-refractivity contribution in [2.24, 2.45) is 0 Å². The third-order valence-electron chi connectivity index (χ3n) is 3.45. The van der Waals surface area contributed by atoms with Gasteiger partial charge in [-0.2, -0.15) is 0 Å². The largest absolute Gasteiger partial charge is 0.493 e. The number of hydrogen-bond donors (Lipinski definition) is 0. The summed E-state index contributed by atoms with van der Waals surface area (Å²) in [5.74, 6) is 3.84. The molecule has 0 atom stereocenters. The van der Waals surface area contributed by atoms with Crippen LogP contribution in [0.25, 0.3) is 0 Å². The number of methoxy groups -OCH3 is 3. The summed E-state index contributed by atoms with van der Waals surface area (Å²) >= 11 is 0. The number of ether oxygens (including phenoxy) is 3. The smallest absolute Gasteiger partial charge is 0.203 e. The van der Waals surface area contributed by atoms with Gasteiger partial charge in [-0.3, -0.25) is 4.90 Å². The lowest BCUT2D eigenvalue weighted by molar-refractivity contribution is 0.275. The maximum Gasteiger partial charge on any atom is 0.203 e. The molecule has 0 amide bonds. The van der Waals surface area contributed by atoms with Crippen molar-refractivity contribution in [1.82, 2.24) is 4.90 Å². The molecule has 5 nitrogen and oxygen atoms in total. The predicted molar refractivity (Wildman–Crippen MR) is 84.7 cm³/mol. The van der Waals surface area contributed by atoms with Crippen molar-refractivity contribution in [3.8, 4) is 17.2 Å². The first kappa shape index (κ1) is 16.2. The van der Waals surface area contributed by atoms with Gasteiger partial charge in [-0.1, -0.05) is 6.07 Å². The monoisotopic (exact) mass is 305 g/mol. The Kier molecular flexibility index (Phi) is 5.33. The minimum absolute atomic E-state index is 0.616. The van der Waals surface area contributed by atoms with E-state index in [0.717, 1.165) is 23.6 Å². The fraction of sp³-hybridized carbons (Fsp3) is 0.412. The van der Waals surface area contributed by atoms with Crippen molar-refractivity contribution in [2.75, 3.05) is 28.4 Å². The summed E-state index contributed by atoms with van der Waals surface area (Å²) < 4.78 is 21.8. The molecule has 2 aromatic rings. The standard InChI is InChI=1S/C17H23NO4/c1-12-6-8-14(22-12)11-18(2)10-13-7-9-15(19-3)17(21-5)16(13)20-4/h6-9H,10-11H2,1-5H3. The topological polar surface area (TPSA) is 44.1 Å². The van der Waals surface area contributed by atoms with Crippen LogP contribution < -0.4 is 14.2 Å². The lowest BCUT2D eigenvalue weighted by Gasteiger charge is -2.20. The quantitative estimate of drug-likeness (QED) is 0.785. The Morgan fingerprint density at radius 3 is 2.18 bits per heavy atom. The van der Waals surface area contributed by atoms with Crippen LogP contribution in [0, 0.1) is 6.92 Å². The van der Waals surface area contributed by atoms with E-state index in [1.165, 1.54) is 0 Å². The van der Waals surface area contributed by atoms with Gasteiger partial charge < -0.3 is 18.6 Å². The lowest BCUT2D eigenvalue weighted by atomic mass is 10.1. The van der Waals surface area contributed by atoms with Crippen molar-refractivity contribution in [3.05, 3.63) is 41.3 Å². The fourth-order valence-electron chi connectivity index (χ4n) is 2.47. The van der Waals surface area contributed by atoms with Crippen LogP contribution >= 0.6 is 0 Å². The normalized spacial score (nSPS) is 10.8. The summed E-state index contributed by atoms with van der Waals surface area (Å²) in [4.78, 5) is 2.15. The minimum atomic E-state index is 0.616. The summed E-state index contributed by atoms with van der Waals surface area (Å²) in [5, 5.41) is 0. The van der Waals surface area contributed by atoms with Gasteiger partial charge in [0.05, 0.1) is 27.9 Å². The van der Waals surface area contributed by atoms with Crippen LogP contribution in [0.5, 0.6) is 17.2 Å². The first-order valence-corrected chi connectivity index (χ1v) is 7.10. The first-order valence-electron chi connectivity index (χ1n) is 7.10. The highest BCUT2D eigenvalue weighted by Crippen LogP contribution is 2.40. The maximum absolute atomic E-state index is 5.61. The van der Waals surface area contributed by atoms with E-state index in [1.54, 1.807) is 21.3 Å². The van der Waals surface area contributed by atoms with Crippen LogP contribution in [-0.2, 0) is 13.1 Å². The zero-order chi connectivity index (χ0) is 16.1. The second kappa shape index (κ2) is 7.22. The Morgan fingerprint density at radius 1 is 0.909 bits per heavy atom. The third kappa shape index (κ3) is 3.54. The number of aryl methyl sites for hydroxylation is 1. The van der Waals surface area contributed by atoms with Gasteiger partial charge in [-0.15, -0.1) is 0 Å². The molecule has 120 valence electrons. The van der Waals surface area contributed by atoms with Gasteiger partial charge in [0.2, 0.25) is 5.75 Å². The summed E-state index contributed by atoms with van der Waals surface area (Å²) in [6.45, 7) is 3.38. The van der Waals surface area contributed by atoms with E-state index in [0.29, 0.717) is 23.8 Å². The Labute approximate surface area is 131 Å². The molecule has 22 heavy (non-hydrogen) atoms. The number of rotatable bonds is 7. The molecule has 0 saturated carbocycles. The van der Waals surface area contributed by atoms with E-state index in [2.05, 4.69) is 4.90 Å². The van der Waals surface area contributed by atoms with Gasteiger partial charge in [-0.05, 0) is 32.2 Å². The Balaban J connectivity index is 2.17. The average molecular weight is 305 g/mol. The molecule has 0 spiro atoms. The Morgan fingerprint density at radius 2 is 1.64 bits per heavy atom. The summed E-state index contributed by atoms with van der Waals surface area (Å²) in [6.07, 6.45) is 0. The molecule has 2 rings (SSSR count). The predicted octanol–water partition coefficient (Wildman–Crippen LogP) is 3.25. The van der Waals surface area contributed by atoms with E-state index in [9.17, 15) is 0 Å². The second-order valence-corrected chi connectivity index (χ2v) is 5.18. The average Bonchev–Trinajstić information content (AvgIpc) is 2.91. The zero-order valence-electron chi connectivity index (χ0n) is 13.8. The van der Waals surface area contributed by atoms with Crippen LogP contribution in [0.2, 0.25) is 0 Å². The number of hydrogen-bond acceptors (Lipinski definition) is 5. The van der Waals surface area contributed by atoms with E-state index < -0.39 is 0 Å². The Bertz CT molecular complexity index is 621. The van der Waals surface area contributed by atoms with Gasteiger partial charge in [0, 0.05) is 12.1 Å². The van der Waals surface area contributed by atoms with Gasteiger partial charge in [-0.25, -0.2) is 0 Å². The molecule has 0 unspecified atom stereocenters. The molecule has 0 saturated heterocycles. The van der Waals surface area contributed by atoms with Crippen molar-refractivity contribution in [2.45, 2.75) is 20.0 Å². The first-order chi connectivity index (χ1) is 10.6. The molecule has 0 aliphatic rings. The van der Waals surface area contributed by atoms with Crippen LogP contribution in [0.1, 0.15) is 17.1 Å². The van der Waals surface area contributed by atoms with Crippen LogP contribution in [-0.4, -0.2) is 33.3 Å². The highest BCUT2D eigenvalue weighted by Gasteiger charge is 2.17. The summed E-state index contributed by atoms with van der Waals surface area (Å²) in [5.41, 5.74) is 1.03. The number of nitrogens with zero attached hydrogens (tertiary/aromatic N) is 1. The molecule has 0 aliphatic heterocycles. The van der Waals surface area contributed by atoms with Crippen molar-refractivity contribution >= 4 is 0 Å². The molecule has 0 radical (unpaired) electrons. The molecular weight excluding hydrogens is 282 g/mol. The molecular formula is C17H23NO4. The van der Waals surface area contributed by atoms with Crippen LogP contribution in [0.4, 0.5) is 0 Å². The molecule has 0 bridgehead atoms. The Hall–Kier alpha value is -2.14. The number of furan rings is 1. The second-order valence-electron chi connectivity index (χ2n) is 5.18. The minimum Gasteiger partial charge on any atom is -0.493 e. The van der Waals surface area contributed by atoms with Gasteiger partial charge in [0.15, 0.2) is 11.5 Å². The van der Waals surface area contributed by atoms with E-state index >= 15 is 0 Å². The van der Waals surface area contributed by atoms with Crippen molar-refractivity contribution < 1.29 is 18.6 Å². The van der Waals surface area contributed by atoms with E-state index in [4.69, 9.17) is 18.6 Å². The van der Waals surface area contributed by atoms with Crippen LogP contribution in [0.15, 0.2) is 28.7 Å². The molecule has 0 N–H and O–H groups in total. The number of benzene rings is 1. The molecule has 1 aromatic heterocycles. The molecule has 1 aromatic carbocycles. The zero-order valence-corrected chi connectivity index (χ0v) is 13.8. The van der Waals surface area contributed by atoms with E-state index in [-0.39, 0.29) is 0 Å². The maximum atomic E-state index is 5.61. The molecule has 0 aliphatic carbocycles. The summed E-state index contributed by atoms with van der Waals surface area (Å²) in [7, 11) is 6.90. The third-order valence-corrected chi connectivity index (χ3v) is 3.45. The van der Waals surface area contributed by atoms with Gasteiger partial charge >= 0.3 is 0 Å². The fourth-order valence-corrected chi connectivity index (χ4v) is 2.47. The van der Waals surface area contributed by atoms with Gasteiger partial charge in [0.25, 0.3) is 0 Å². The molecule has 0 fully saturated rings. The van der Waals surface area contributed by atoms with Crippen LogP contribution in [0.3, 0.4) is 0 Å². The highest BCUT2D eigenvalue weighted by molar-refractivity contribution is 5.55. The molecule has 1 heterocycles. The highest BCUT2D eigenvalue weighted by atomic mass is 16.5. The molecule has 5 heteroatoms. The van der Waals surface area contributed by atoms with Crippen molar-refractivity contribution in [3.63, 3.8) is 0 Å². The van der Waals surface area contributed by atoms with Gasteiger partial charge in [0.1, 0.15) is 11.5 Å². The van der Waals surface area contributed by atoms with E-state index in [1.807, 2.05) is 38.2 Å². The SMILES string of the molecule is COc1ccc(CN(C)Cc2ccc(C)o2)c(OC)c1OC.